The van der Waals surface area contributed by atoms with Gasteiger partial charge in [-0.1, -0.05) is 41.8 Å². The predicted octanol–water partition coefficient (Wildman–Crippen LogP) is 3.71. The third-order valence-corrected chi connectivity index (χ3v) is 3.68. The molecule has 2 nitrogen and oxygen atoms in total. The van der Waals surface area contributed by atoms with Gasteiger partial charge in [0.05, 0.1) is 0 Å². The highest BCUT2D eigenvalue weighted by Crippen LogP contribution is 2.24. The van der Waals surface area contributed by atoms with E-state index in [9.17, 15) is 4.39 Å². The summed E-state index contributed by atoms with van der Waals surface area (Å²) in [6, 6.07) is 5.13. The number of halogens is 2. The van der Waals surface area contributed by atoms with E-state index in [0.717, 1.165) is 17.4 Å². The van der Waals surface area contributed by atoms with E-state index in [1.54, 1.807) is 0 Å². The van der Waals surface area contributed by atoms with Gasteiger partial charge in [0.15, 0.2) is 0 Å². The van der Waals surface area contributed by atoms with Gasteiger partial charge in [-0.15, -0.1) is 0 Å². The standard InChI is InChI=1S/C14H22BrFN2/c1-3-4-5-8-18(2)14(10-17)12-7-6-11(15)9-13(12)16/h6-7,9,14H,3-5,8,10,17H2,1-2H3. The van der Waals surface area contributed by atoms with Gasteiger partial charge in [0.2, 0.25) is 0 Å². The van der Waals surface area contributed by atoms with E-state index < -0.39 is 0 Å². The molecule has 1 atom stereocenters. The predicted molar refractivity (Wildman–Crippen MR) is 78.1 cm³/mol. The summed E-state index contributed by atoms with van der Waals surface area (Å²) in [4.78, 5) is 2.14. The Hall–Kier alpha value is -0.450. The minimum Gasteiger partial charge on any atom is -0.329 e. The van der Waals surface area contributed by atoms with Gasteiger partial charge in [-0.2, -0.15) is 0 Å². The number of nitrogens with zero attached hydrogens (tertiary/aromatic N) is 1. The van der Waals surface area contributed by atoms with Crippen molar-refractivity contribution in [2.45, 2.75) is 32.2 Å². The molecule has 0 bridgehead atoms. The molecule has 0 fully saturated rings. The van der Waals surface area contributed by atoms with Crippen molar-refractivity contribution >= 4 is 15.9 Å². The van der Waals surface area contributed by atoms with Gasteiger partial charge in [0.25, 0.3) is 0 Å². The molecule has 0 saturated carbocycles. The van der Waals surface area contributed by atoms with Crippen LogP contribution in [0.15, 0.2) is 22.7 Å². The van der Waals surface area contributed by atoms with Crippen molar-refractivity contribution in [3.63, 3.8) is 0 Å². The lowest BCUT2D eigenvalue weighted by Crippen LogP contribution is -2.32. The monoisotopic (exact) mass is 316 g/mol. The van der Waals surface area contributed by atoms with Crippen LogP contribution in [0.25, 0.3) is 0 Å². The first-order valence-electron chi connectivity index (χ1n) is 6.45. The Balaban J connectivity index is 2.75. The molecule has 1 aromatic rings. The number of rotatable bonds is 7. The fraction of sp³-hybridized carbons (Fsp3) is 0.571. The Morgan fingerprint density at radius 2 is 2.11 bits per heavy atom. The van der Waals surface area contributed by atoms with Crippen LogP contribution in [0, 0.1) is 5.82 Å². The number of benzene rings is 1. The Labute approximate surface area is 117 Å². The van der Waals surface area contributed by atoms with E-state index in [1.165, 1.54) is 18.9 Å². The van der Waals surface area contributed by atoms with E-state index in [0.29, 0.717) is 12.1 Å². The summed E-state index contributed by atoms with van der Waals surface area (Å²) in [6.45, 7) is 3.56. The highest BCUT2D eigenvalue weighted by Gasteiger charge is 2.18. The summed E-state index contributed by atoms with van der Waals surface area (Å²) < 4.78 is 14.7. The zero-order valence-corrected chi connectivity index (χ0v) is 12.7. The molecular weight excluding hydrogens is 295 g/mol. The number of hydrogen-bond acceptors (Lipinski definition) is 2. The lowest BCUT2D eigenvalue weighted by atomic mass is 10.0. The second kappa shape index (κ2) is 7.87. The molecule has 102 valence electrons. The van der Waals surface area contributed by atoms with E-state index in [-0.39, 0.29) is 11.9 Å². The first-order chi connectivity index (χ1) is 8.60. The zero-order valence-electron chi connectivity index (χ0n) is 11.1. The van der Waals surface area contributed by atoms with E-state index in [4.69, 9.17) is 5.73 Å². The summed E-state index contributed by atoms with van der Waals surface area (Å²) >= 11 is 3.27. The zero-order chi connectivity index (χ0) is 13.5. The molecule has 1 unspecified atom stereocenters. The lowest BCUT2D eigenvalue weighted by Gasteiger charge is -2.27. The second-order valence-electron chi connectivity index (χ2n) is 4.61. The molecule has 0 spiro atoms. The van der Waals surface area contributed by atoms with Crippen LogP contribution < -0.4 is 5.73 Å². The maximum atomic E-state index is 13.9. The van der Waals surface area contributed by atoms with Crippen LogP contribution >= 0.6 is 15.9 Å². The molecule has 2 N–H and O–H groups in total. The van der Waals surface area contributed by atoms with Gasteiger partial charge in [-0.3, -0.25) is 4.90 Å². The van der Waals surface area contributed by atoms with Crippen molar-refractivity contribution in [1.82, 2.24) is 4.90 Å². The summed E-state index contributed by atoms with van der Waals surface area (Å²) in [7, 11) is 2.01. The van der Waals surface area contributed by atoms with Gasteiger partial charge >= 0.3 is 0 Å². The molecule has 0 heterocycles. The average molecular weight is 317 g/mol. The molecule has 1 rings (SSSR count). The van der Waals surface area contributed by atoms with Crippen molar-refractivity contribution in [3.05, 3.63) is 34.1 Å². The SMILES string of the molecule is CCCCCN(C)C(CN)c1ccc(Br)cc1F. The third kappa shape index (κ3) is 4.34. The molecule has 0 aliphatic heterocycles. The van der Waals surface area contributed by atoms with Crippen LogP contribution in [-0.4, -0.2) is 25.0 Å². The number of unbranched alkanes of at least 4 members (excludes halogenated alkanes) is 2. The Morgan fingerprint density at radius 3 is 2.67 bits per heavy atom. The Bertz CT molecular complexity index is 371. The number of likely N-dealkylation sites (N-methyl/N-ethyl adjacent to an activating group) is 1. The second-order valence-corrected chi connectivity index (χ2v) is 5.52. The van der Waals surface area contributed by atoms with Crippen molar-refractivity contribution < 1.29 is 4.39 Å². The largest absolute Gasteiger partial charge is 0.329 e. The summed E-state index contributed by atoms with van der Waals surface area (Å²) in [5.41, 5.74) is 6.48. The minimum absolute atomic E-state index is 0.0463. The Morgan fingerprint density at radius 1 is 1.39 bits per heavy atom. The average Bonchev–Trinajstić information content (AvgIpc) is 2.33. The highest BCUT2D eigenvalue weighted by atomic mass is 79.9. The van der Waals surface area contributed by atoms with Gasteiger partial charge in [-0.05, 0) is 32.1 Å². The first kappa shape index (κ1) is 15.6. The van der Waals surface area contributed by atoms with Crippen LogP contribution in [-0.2, 0) is 0 Å². The lowest BCUT2D eigenvalue weighted by molar-refractivity contribution is 0.240. The maximum absolute atomic E-state index is 13.9. The fourth-order valence-electron chi connectivity index (χ4n) is 2.08. The molecule has 0 saturated heterocycles. The molecular formula is C14H22BrFN2. The maximum Gasteiger partial charge on any atom is 0.129 e. The van der Waals surface area contributed by atoms with Crippen LogP contribution in [0.2, 0.25) is 0 Å². The molecule has 0 aliphatic rings. The smallest absolute Gasteiger partial charge is 0.129 e. The topological polar surface area (TPSA) is 29.3 Å². The summed E-state index contributed by atoms with van der Waals surface area (Å²) in [5.74, 6) is -0.192. The normalized spacial score (nSPS) is 13.0. The molecule has 1 aromatic carbocycles. The molecule has 0 aliphatic carbocycles. The molecule has 0 radical (unpaired) electrons. The van der Waals surface area contributed by atoms with Crippen LogP contribution in [0.1, 0.15) is 37.8 Å². The quantitative estimate of drug-likeness (QED) is 0.777. The molecule has 0 amide bonds. The van der Waals surface area contributed by atoms with E-state index >= 15 is 0 Å². The minimum atomic E-state index is -0.192. The van der Waals surface area contributed by atoms with Crippen molar-refractivity contribution in [2.24, 2.45) is 5.73 Å². The van der Waals surface area contributed by atoms with Gasteiger partial charge < -0.3 is 5.73 Å². The molecule has 18 heavy (non-hydrogen) atoms. The van der Waals surface area contributed by atoms with Crippen molar-refractivity contribution in [2.75, 3.05) is 20.1 Å². The third-order valence-electron chi connectivity index (χ3n) is 3.19. The van der Waals surface area contributed by atoms with E-state index in [2.05, 4.69) is 27.8 Å². The van der Waals surface area contributed by atoms with Crippen molar-refractivity contribution in [1.29, 1.82) is 0 Å². The molecule has 0 aromatic heterocycles. The van der Waals surface area contributed by atoms with Gasteiger partial charge in [-0.25, -0.2) is 4.39 Å². The van der Waals surface area contributed by atoms with Crippen LogP contribution in [0.5, 0.6) is 0 Å². The highest BCUT2D eigenvalue weighted by molar-refractivity contribution is 9.10. The summed E-state index contributed by atoms with van der Waals surface area (Å²) in [6.07, 6.45) is 3.51. The van der Waals surface area contributed by atoms with Crippen LogP contribution in [0.4, 0.5) is 4.39 Å². The number of hydrogen-bond donors (Lipinski definition) is 1. The van der Waals surface area contributed by atoms with Crippen molar-refractivity contribution in [3.8, 4) is 0 Å². The van der Waals surface area contributed by atoms with Gasteiger partial charge in [0.1, 0.15) is 5.82 Å². The Kier molecular flexibility index (Phi) is 6.82. The summed E-state index contributed by atoms with van der Waals surface area (Å²) in [5, 5.41) is 0. The van der Waals surface area contributed by atoms with Gasteiger partial charge in [0, 0.05) is 22.6 Å². The molecule has 4 heteroatoms. The fourth-order valence-corrected chi connectivity index (χ4v) is 2.42. The van der Waals surface area contributed by atoms with Crippen LogP contribution in [0.3, 0.4) is 0 Å². The number of nitrogens with two attached hydrogens (primary N) is 1. The first-order valence-corrected chi connectivity index (χ1v) is 7.24. The van der Waals surface area contributed by atoms with E-state index in [1.807, 2.05) is 19.2 Å².